The van der Waals surface area contributed by atoms with Crippen molar-refractivity contribution < 1.29 is 50.9 Å². The fourth-order valence-electron chi connectivity index (χ4n) is 3.36. The molecule has 0 fully saturated rings. The van der Waals surface area contributed by atoms with E-state index in [1.54, 1.807) is 6.92 Å². The Hall–Kier alpha value is -3.24. The van der Waals surface area contributed by atoms with Crippen molar-refractivity contribution in [2.75, 3.05) is 16.2 Å². The third kappa shape index (κ3) is 6.07. The number of carbonyl (C=O) groups is 2. The van der Waals surface area contributed by atoms with Crippen LogP contribution in [0.15, 0.2) is 29.3 Å². The van der Waals surface area contributed by atoms with Gasteiger partial charge in [-0.1, -0.05) is 11.6 Å². The number of ether oxygens (including phenoxy) is 2. The van der Waals surface area contributed by atoms with Crippen LogP contribution < -0.4 is 14.4 Å². The first kappa shape index (κ1) is 29.3. The number of sulfonamides is 1. The highest BCUT2D eigenvalue weighted by atomic mass is 35.5. The normalized spacial score (nSPS) is 16.8. The molecule has 17 heteroatoms. The molecule has 1 amide bonds. The van der Waals surface area contributed by atoms with Crippen LogP contribution in [0.4, 0.5) is 29.3 Å². The van der Waals surface area contributed by atoms with Crippen molar-refractivity contribution >= 4 is 45.1 Å². The van der Waals surface area contributed by atoms with Gasteiger partial charge in [0.25, 0.3) is 10.0 Å². The summed E-state index contributed by atoms with van der Waals surface area (Å²) in [6.45, 7) is 2.85. The number of nitrogens with one attached hydrogen (secondary N) is 1. The number of anilines is 2. The molecule has 2 heterocycles. The second kappa shape index (κ2) is 10.5. The largest absolute Gasteiger partial charge is 0.486 e. The summed E-state index contributed by atoms with van der Waals surface area (Å²) < 4.78 is 78.7. The molecular weight excluding hydrogens is 561 g/mol. The highest BCUT2D eigenvalue weighted by Crippen LogP contribution is 2.41. The summed E-state index contributed by atoms with van der Waals surface area (Å²) in [5.74, 6) is -1.61. The highest BCUT2D eigenvalue weighted by molar-refractivity contribution is 7.93. The van der Waals surface area contributed by atoms with Gasteiger partial charge in [-0.3, -0.25) is 14.3 Å². The minimum absolute atomic E-state index is 0.0732. The quantitative estimate of drug-likeness (QED) is 0.423. The molecule has 38 heavy (non-hydrogen) atoms. The van der Waals surface area contributed by atoms with Gasteiger partial charge in [-0.25, -0.2) is 18.0 Å². The minimum Gasteiger partial charge on any atom is -0.486 e. The number of nitrogens with zero attached hydrogens (tertiary/aromatic N) is 3. The monoisotopic (exact) mass is 584 g/mol. The van der Waals surface area contributed by atoms with Crippen LogP contribution in [0.2, 0.25) is 5.15 Å². The molecule has 210 valence electrons. The molecule has 0 saturated carbocycles. The van der Waals surface area contributed by atoms with Gasteiger partial charge in [-0.05, 0) is 39.0 Å². The molecule has 0 spiro atoms. The Morgan fingerprint density at radius 3 is 2.55 bits per heavy atom. The lowest BCUT2D eigenvalue weighted by atomic mass is 10.1. The van der Waals surface area contributed by atoms with E-state index in [1.807, 2.05) is 0 Å². The van der Waals surface area contributed by atoms with Gasteiger partial charge in [0, 0.05) is 24.8 Å². The van der Waals surface area contributed by atoms with E-state index in [0.717, 1.165) is 10.4 Å². The Labute approximate surface area is 219 Å². The zero-order valence-corrected chi connectivity index (χ0v) is 21.8. The lowest BCUT2D eigenvalue weighted by Crippen LogP contribution is -2.45. The lowest BCUT2D eigenvalue weighted by molar-refractivity contribution is -0.242. The summed E-state index contributed by atoms with van der Waals surface area (Å²) >= 11 is 6.06. The predicted molar refractivity (Wildman–Crippen MR) is 127 cm³/mol. The third-order valence-corrected chi connectivity index (χ3v) is 7.69. The molecule has 12 nitrogen and oxygen atoms in total. The number of rotatable bonds is 8. The van der Waals surface area contributed by atoms with Crippen LogP contribution in [-0.4, -0.2) is 71.0 Å². The van der Waals surface area contributed by atoms with Crippen molar-refractivity contribution in [2.45, 2.75) is 62.6 Å². The van der Waals surface area contributed by atoms with E-state index in [-0.39, 0.29) is 27.2 Å². The second-order valence-corrected chi connectivity index (χ2v) is 10.9. The Balaban J connectivity index is 2.00. The molecule has 0 saturated heterocycles. The molecule has 1 aliphatic rings. The van der Waals surface area contributed by atoms with Crippen molar-refractivity contribution in [3.05, 3.63) is 29.5 Å². The zero-order valence-electron chi connectivity index (χ0n) is 20.2. The van der Waals surface area contributed by atoms with E-state index in [2.05, 4.69) is 15.2 Å². The number of fused-ring (bicyclic) bond motifs is 1. The second-order valence-electron chi connectivity index (χ2n) is 8.71. The maximum absolute atomic E-state index is 13.6. The van der Waals surface area contributed by atoms with Crippen LogP contribution in [0.3, 0.4) is 0 Å². The minimum atomic E-state index is -4.85. The summed E-state index contributed by atoms with van der Waals surface area (Å²) in [4.78, 5) is 22.9. The topological polar surface area (TPSA) is 160 Å². The van der Waals surface area contributed by atoms with E-state index in [1.165, 1.54) is 23.0 Å². The van der Waals surface area contributed by atoms with E-state index in [4.69, 9.17) is 21.4 Å². The van der Waals surface area contributed by atoms with Gasteiger partial charge in [0.2, 0.25) is 5.60 Å². The number of hydrogen-bond donors (Lipinski definition) is 3. The first-order valence-corrected chi connectivity index (χ1v) is 12.8. The van der Waals surface area contributed by atoms with Crippen molar-refractivity contribution in [3.63, 3.8) is 0 Å². The number of alkyl halides is 3. The van der Waals surface area contributed by atoms with Crippen molar-refractivity contribution in [1.82, 2.24) is 9.78 Å². The Morgan fingerprint density at radius 1 is 1.34 bits per heavy atom. The molecule has 3 rings (SSSR count). The number of halogens is 4. The lowest BCUT2D eigenvalue weighted by Gasteiger charge is -2.36. The number of carboxylic acid groups (broad SMARTS) is 1. The van der Waals surface area contributed by atoms with Crippen LogP contribution >= 0.6 is 11.6 Å². The van der Waals surface area contributed by atoms with Crippen LogP contribution in [0.5, 0.6) is 5.75 Å². The van der Waals surface area contributed by atoms with Gasteiger partial charge >= 0.3 is 18.2 Å². The van der Waals surface area contributed by atoms with E-state index < -0.39 is 59.0 Å². The van der Waals surface area contributed by atoms with Gasteiger partial charge in [0.15, 0.2) is 11.3 Å². The molecule has 0 aliphatic carbocycles. The van der Waals surface area contributed by atoms with Crippen LogP contribution in [0, 0.1) is 0 Å². The number of aryl methyl sites for hydroxylation is 1. The van der Waals surface area contributed by atoms with E-state index in [0.29, 0.717) is 20.4 Å². The molecule has 2 atom stereocenters. The molecule has 2 unspecified atom stereocenters. The SMILES string of the molecule is CCn1cc(S(=O)(=O)N2CC(CC(O)C(=O)O)Oc3ccc(NC(=O)OC(C)(C)C(F)(F)F)cc32)c(Cl)n1. The van der Waals surface area contributed by atoms with Crippen molar-refractivity contribution in [1.29, 1.82) is 0 Å². The van der Waals surface area contributed by atoms with Crippen molar-refractivity contribution in [3.8, 4) is 5.75 Å². The number of carboxylic acids is 1. The number of aliphatic hydroxyl groups is 1. The first-order chi connectivity index (χ1) is 17.5. The van der Waals surface area contributed by atoms with Gasteiger partial charge in [0.05, 0.1) is 12.2 Å². The average Bonchev–Trinajstić information content (AvgIpc) is 3.19. The number of carbonyl (C=O) groups excluding carboxylic acids is 1. The predicted octanol–water partition coefficient (Wildman–Crippen LogP) is 3.24. The fourth-order valence-corrected chi connectivity index (χ4v) is 5.30. The Bertz CT molecular complexity index is 1330. The number of aromatic nitrogens is 2. The standard InChI is InChI=1S/C21H24ClF3N4O8S/c1-4-28-10-16(17(22)27-28)38(34,35)29-9-12(8-14(30)18(31)32)36-15-6-5-11(7-13(15)29)26-19(33)37-20(2,3)21(23,24)25/h5-7,10,12,14,30H,4,8-9H2,1-3H3,(H,26,33)(H,31,32). The van der Waals surface area contributed by atoms with Crippen LogP contribution in [0.1, 0.15) is 27.2 Å². The van der Waals surface area contributed by atoms with E-state index >= 15 is 0 Å². The highest BCUT2D eigenvalue weighted by Gasteiger charge is 2.51. The third-order valence-electron chi connectivity index (χ3n) is 5.52. The molecule has 3 N–H and O–H groups in total. The van der Waals surface area contributed by atoms with Gasteiger partial charge in [-0.15, -0.1) is 0 Å². The molecule has 1 aromatic carbocycles. The maximum Gasteiger partial charge on any atom is 0.427 e. The molecule has 1 aromatic heterocycles. The number of hydrogen-bond acceptors (Lipinski definition) is 8. The van der Waals surface area contributed by atoms with Gasteiger partial charge < -0.3 is 19.7 Å². The van der Waals surface area contributed by atoms with Gasteiger partial charge in [-0.2, -0.15) is 18.3 Å². The molecular formula is C21H24ClF3N4O8S. The molecule has 1 aliphatic heterocycles. The number of amides is 1. The first-order valence-electron chi connectivity index (χ1n) is 11.0. The number of aliphatic hydroxyl groups excluding tert-OH is 1. The van der Waals surface area contributed by atoms with Gasteiger partial charge in [0.1, 0.15) is 16.7 Å². The number of benzene rings is 1. The number of aliphatic carboxylic acids is 1. The Morgan fingerprint density at radius 2 is 2.00 bits per heavy atom. The molecule has 0 radical (unpaired) electrons. The fraction of sp³-hybridized carbons (Fsp3) is 0.476. The van der Waals surface area contributed by atoms with Crippen LogP contribution in [-0.2, 0) is 26.1 Å². The zero-order chi connectivity index (χ0) is 28.6. The summed E-state index contributed by atoms with van der Waals surface area (Å²) in [6, 6.07) is 3.55. The summed E-state index contributed by atoms with van der Waals surface area (Å²) in [6.07, 6.45) is -8.55. The van der Waals surface area contributed by atoms with Crippen molar-refractivity contribution in [2.24, 2.45) is 0 Å². The smallest absolute Gasteiger partial charge is 0.427 e. The average molecular weight is 585 g/mol. The molecule has 2 aromatic rings. The maximum atomic E-state index is 13.6. The summed E-state index contributed by atoms with van der Waals surface area (Å²) in [7, 11) is -4.46. The Kier molecular flexibility index (Phi) is 8.10. The van der Waals surface area contributed by atoms with E-state index in [9.17, 15) is 36.3 Å². The summed E-state index contributed by atoms with van der Waals surface area (Å²) in [5.41, 5.74) is -3.08. The van der Waals surface area contributed by atoms with Crippen LogP contribution in [0.25, 0.3) is 0 Å². The summed E-state index contributed by atoms with van der Waals surface area (Å²) in [5, 5.41) is 24.5. The molecule has 0 bridgehead atoms.